The van der Waals surface area contributed by atoms with Gasteiger partial charge >= 0.3 is 0 Å². The molecule has 1 N–H and O–H groups in total. The highest BCUT2D eigenvalue weighted by atomic mass is 32.1. The molecule has 2 nitrogen and oxygen atoms in total. The Bertz CT molecular complexity index is 431. The normalized spacial score (nSPS) is 17.2. The Morgan fingerprint density at radius 2 is 2.29 bits per heavy atom. The summed E-state index contributed by atoms with van der Waals surface area (Å²) in [5.41, 5.74) is 0. The molecule has 0 saturated heterocycles. The van der Waals surface area contributed by atoms with E-state index in [0.29, 0.717) is 6.04 Å². The highest BCUT2D eigenvalue weighted by molar-refractivity contribution is 7.10. The van der Waals surface area contributed by atoms with Gasteiger partial charge in [0.25, 0.3) is 0 Å². The molecule has 1 unspecified atom stereocenters. The molecule has 3 heteroatoms. The minimum atomic E-state index is 0.560. The third kappa shape index (κ3) is 2.79. The first kappa shape index (κ1) is 11.1. The van der Waals surface area contributed by atoms with Crippen LogP contribution in [-0.2, 0) is 6.42 Å². The third-order valence-electron chi connectivity index (χ3n) is 3.26. The van der Waals surface area contributed by atoms with Crippen LogP contribution >= 0.6 is 11.3 Å². The molecule has 1 fully saturated rings. The van der Waals surface area contributed by atoms with E-state index < -0.39 is 0 Å². The van der Waals surface area contributed by atoms with Gasteiger partial charge < -0.3 is 9.73 Å². The van der Waals surface area contributed by atoms with Crippen molar-refractivity contribution in [3.05, 3.63) is 46.5 Å². The Labute approximate surface area is 106 Å². The fourth-order valence-corrected chi connectivity index (χ4v) is 3.10. The summed E-state index contributed by atoms with van der Waals surface area (Å²) in [6, 6.07) is 8.94. The van der Waals surface area contributed by atoms with Crippen LogP contribution in [0.2, 0.25) is 0 Å². The van der Waals surface area contributed by atoms with Crippen LogP contribution in [0.15, 0.2) is 40.3 Å². The van der Waals surface area contributed by atoms with Crippen molar-refractivity contribution in [1.82, 2.24) is 5.32 Å². The first-order valence-corrected chi connectivity index (χ1v) is 7.10. The molecule has 17 heavy (non-hydrogen) atoms. The highest BCUT2D eigenvalue weighted by Crippen LogP contribution is 2.42. The summed E-state index contributed by atoms with van der Waals surface area (Å²) < 4.78 is 5.34. The number of rotatable bonds is 6. The SMILES string of the molecule is c1coc(CCNC(c2cccs2)C2CC2)c1. The van der Waals surface area contributed by atoms with Gasteiger partial charge in [-0.1, -0.05) is 6.07 Å². The number of furan rings is 1. The summed E-state index contributed by atoms with van der Waals surface area (Å²) in [7, 11) is 0. The minimum Gasteiger partial charge on any atom is -0.469 e. The Kier molecular flexibility index (Phi) is 3.29. The van der Waals surface area contributed by atoms with Crippen molar-refractivity contribution in [3.8, 4) is 0 Å². The van der Waals surface area contributed by atoms with E-state index in [4.69, 9.17) is 4.42 Å². The van der Waals surface area contributed by atoms with Crippen molar-refractivity contribution in [2.24, 2.45) is 5.92 Å². The number of hydrogen-bond donors (Lipinski definition) is 1. The van der Waals surface area contributed by atoms with Gasteiger partial charge in [0.05, 0.1) is 6.26 Å². The average molecular weight is 247 g/mol. The summed E-state index contributed by atoms with van der Waals surface area (Å²) in [6.07, 6.45) is 5.46. The topological polar surface area (TPSA) is 25.2 Å². The summed E-state index contributed by atoms with van der Waals surface area (Å²) in [5.74, 6) is 1.92. The molecule has 0 aromatic carbocycles. The molecule has 1 saturated carbocycles. The van der Waals surface area contributed by atoms with Crippen LogP contribution in [0.4, 0.5) is 0 Å². The number of thiophene rings is 1. The minimum absolute atomic E-state index is 0.560. The van der Waals surface area contributed by atoms with Gasteiger partial charge in [-0.05, 0) is 42.3 Å². The lowest BCUT2D eigenvalue weighted by atomic mass is 10.1. The van der Waals surface area contributed by atoms with E-state index in [1.807, 2.05) is 23.5 Å². The predicted molar refractivity (Wildman–Crippen MR) is 70.2 cm³/mol. The van der Waals surface area contributed by atoms with Gasteiger partial charge in [-0.2, -0.15) is 0 Å². The second kappa shape index (κ2) is 5.07. The second-order valence-corrected chi connectivity index (χ2v) is 5.59. The maximum absolute atomic E-state index is 5.34. The summed E-state index contributed by atoms with van der Waals surface area (Å²) in [4.78, 5) is 1.48. The average Bonchev–Trinajstić information content (AvgIpc) is 2.84. The van der Waals surface area contributed by atoms with Gasteiger partial charge in [0, 0.05) is 23.9 Å². The molecule has 0 amide bonds. The van der Waals surface area contributed by atoms with Crippen molar-refractivity contribution in [1.29, 1.82) is 0 Å². The lowest BCUT2D eigenvalue weighted by Crippen LogP contribution is -2.24. The first-order chi connectivity index (χ1) is 8.43. The number of nitrogens with one attached hydrogen (secondary N) is 1. The van der Waals surface area contributed by atoms with Crippen molar-refractivity contribution < 1.29 is 4.42 Å². The van der Waals surface area contributed by atoms with Gasteiger partial charge in [0.1, 0.15) is 5.76 Å². The standard InChI is InChI=1S/C14H17NOS/c1-3-12(16-9-1)7-8-15-14(11-5-6-11)13-4-2-10-17-13/h1-4,9-11,14-15H,5-8H2. The van der Waals surface area contributed by atoms with Gasteiger partial charge in [-0.15, -0.1) is 11.3 Å². The maximum atomic E-state index is 5.34. The first-order valence-electron chi connectivity index (χ1n) is 6.22. The van der Waals surface area contributed by atoms with E-state index in [2.05, 4.69) is 22.8 Å². The molecule has 2 aromatic rings. The Morgan fingerprint density at radius 3 is 2.94 bits per heavy atom. The zero-order valence-corrected chi connectivity index (χ0v) is 10.6. The Balaban J connectivity index is 1.55. The molecule has 1 atom stereocenters. The van der Waals surface area contributed by atoms with Crippen molar-refractivity contribution >= 4 is 11.3 Å². The predicted octanol–water partition coefficient (Wildman–Crippen LogP) is 3.62. The van der Waals surface area contributed by atoms with Gasteiger partial charge in [-0.25, -0.2) is 0 Å². The smallest absolute Gasteiger partial charge is 0.105 e. The fraction of sp³-hybridized carbons (Fsp3) is 0.429. The van der Waals surface area contributed by atoms with Crippen molar-refractivity contribution in [2.45, 2.75) is 25.3 Å². The van der Waals surface area contributed by atoms with Crippen LogP contribution in [0.1, 0.15) is 29.5 Å². The largest absolute Gasteiger partial charge is 0.469 e. The third-order valence-corrected chi connectivity index (χ3v) is 4.21. The van der Waals surface area contributed by atoms with Crippen LogP contribution in [0.25, 0.3) is 0 Å². The Hall–Kier alpha value is -1.06. The molecular weight excluding hydrogens is 230 g/mol. The maximum Gasteiger partial charge on any atom is 0.105 e. The van der Waals surface area contributed by atoms with Crippen LogP contribution in [0.3, 0.4) is 0 Å². The molecule has 0 aliphatic heterocycles. The highest BCUT2D eigenvalue weighted by Gasteiger charge is 2.32. The fourth-order valence-electron chi connectivity index (χ4n) is 2.20. The van der Waals surface area contributed by atoms with Crippen LogP contribution in [0.5, 0.6) is 0 Å². The molecule has 3 rings (SSSR count). The quantitative estimate of drug-likeness (QED) is 0.843. The van der Waals surface area contributed by atoms with Crippen LogP contribution in [0, 0.1) is 5.92 Å². The molecule has 2 heterocycles. The lowest BCUT2D eigenvalue weighted by Gasteiger charge is -2.16. The van der Waals surface area contributed by atoms with Crippen molar-refractivity contribution in [2.75, 3.05) is 6.54 Å². The lowest BCUT2D eigenvalue weighted by molar-refractivity contribution is 0.458. The van der Waals surface area contributed by atoms with Gasteiger partial charge in [-0.3, -0.25) is 0 Å². The molecule has 90 valence electrons. The summed E-state index contributed by atoms with van der Waals surface area (Å²) in [5, 5.41) is 5.84. The van der Waals surface area contributed by atoms with Gasteiger partial charge in [0.15, 0.2) is 0 Å². The van der Waals surface area contributed by atoms with E-state index in [-0.39, 0.29) is 0 Å². The number of hydrogen-bond acceptors (Lipinski definition) is 3. The monoisotopic (exact) mass is 247 g/mol. The zero-order chi connectivity index (χ0) is 11.5. The van der Waals surface area contributed by atoms with Crippen LogP contribution in [-0.4, -0.2) is 6.54 Å². The Morgan fingerprint density at radius 1 is 1.35 bits per heavy atom. The van der Waals surface area contributed by atoms with Gasteiger partial charge in [0.2, 0.25) is 0 Å². The van der Waals surface area contributed by atoms with E-state index in [9.17, 15) is 0 Å². The zero-order valence-electron chi connectivity index (χ0n) is 9.76. The second-order valence-electron chi connectivity index (χ2n) is 4.61. The van der Waals surface area contributed by atoms with E-state index in [1.54, 1.807) is 6.26 Å². The molecule has 0 radical (unpaired) electrons. The molecule has 1 aliphatic carbocycles. The van der Waals surface area contributed by atoms with E-state index >= 15 is 0 Å². The van der Waals surface area contributed by atoms with Crippen LogP contribution < -0.4 is 5.32 Å². The molecule has 0 bridgehead atoms. The van der Waals surface area contributed by atoms with E-state index in [0.717, 1.165) is 24.6 Å². The molecular formula is C14H17NOS. The van der Waals surface area contributed by atoms with Crippen molar-refractivity contribution in [3.63, 3.8) is 0 Å². The molecule has 1 aliphatic rings. The summed E-state index contributed by atoms with van der Waals surface area (Å²) in [6.45, 7) is 0.993. The molecule has 0 spiro atoms. The van der Waals surface area contributed by atoms with E-state index in [1.165, 1.54) is 17.7 Å². The molecule has 2 aromatic heterocycles. The summed E-state index contributed by atoms with van der Waals surface area (Å²) >= 11 is 1.86.